The molecule has 0 radical (unpaired) electrons. The Hall–Kier alpha value is -0.283. The number of carbonyl (C=O) groups excluding carboxylic acids is 1. The predicted molar refractivity (Wildman–Crippen MR) is 132 cm³/mol. The van der Waals surface area contributed by atoms with Crippen molar-refractivity contribution in [2.75, 3.05) is 0 Å². The lowest BCUT2D eigenvalue weighted by atomic mass is 10.0. The Morgan fingerprint density at radius 1 is 0.793 bits per heavy atom. The minimum absolute atomic E-state index is 0.0188. The molecule has 0 aliphatic rings. The third-order valence-electron chi connectivity index (χ3n) is 5.62. The summed E-state index contributed by atoms with van der Waals surface area (Å²) in [4.78, 5) is 11.1. The Labute approximate surface area is 187 Å². The van der Waals surface area contributed by atoms with Gasteiger partial charge in [0.25, 0.3) is 0 Å². The van der Waals surface area contributed by atoms with Crippen LogP contribution in [0.5, 0.6) is 0 Å². The number of halogens is 1. The van der Waals surface area contributed by atoms with Gasteiger partial charge in [-0.1, -0.05) is 116 Å². The molecule has 0 N–H and O–H groups in total. The summed E-state index contributed by atoms with van der Waals surface area (Å²) in [7, 11) is -1.32. The number of carbonyl (C=O) groups is 1. The largest absolute Gasteiger partial charge is 0.460 e. The summed E-state index contributed by atoms with van der Waals surface area (Å²) in [6.45, 7) is 9.90. The van der Waals surface area contributed by atoms with Crippen LogP contribution in [0.1, 0.15) is 116 Å². The molecule has 0 spiro atoms. The van der Waals surface area contributed by atoms with Crippen LogP contribution >= 0.6 is 11.1 Å². The monoisotopic (exact) mass is 444 g/mol. The van der Waals surface area contributed by atoms with Gasteiger partial charge in [-0.2, -0.15) is 11.1 Å². The van der Waals surface area contributed by atoms with E-state index in [0.29, 0.717) is 0 Å². The normalized spacial score (nSPS) is 12.7. The second-order valence-electron chi connectivity index (χ2n) is 9.37. The summed E-state index contributed by atoms with van der Waals surface area (Å²) in [5.41, 5.74) is 0. The Kier molecular flexibility index (Phi) is 19.5. The summed E-state index contributed by atoms with van der Waals surface area (Å²) < 4.78 is 5.18. The van der Waals surface area contributed by atoms with E-state index in [-0.39, 0.29) is 12.1 Å². The van der Waals surface area contributed by atoms with Gasteiger partial charge in [0, 0.05) is 6.08 Å². The number of hydrogen-bond acceptors (Lipinski definition) is 2. The molecule has 0 amide bonds. The highest BCUT2D eigenvalue weighted by Crippen LogP contribution is 2.19. The first kappa shape index (κ1) is 28.7. The summed E-state index contributed by atoms with van der Waals surface area (Å²) in [6.07, 6.45) is 24.1. The van der Waals surface area contributed by atoms with Crippen LogP contribution < -0.4 is 0 Å². The minimum Gasteiger partial charge on any atom is -0.460 e. The molecule has 0 aromatic rings. The van der Waals surface area contributed by atoms with Crippen molar-refractivity contribution in [3.63, 3.8) is 0 Å². The van der Waals surface area contributed by atoms with Crippen molar-refractivity contribution in [1.82, 2.24) is 0 Å². The Morgan fingerprint density at radius 3 is 1.48 bits per heavy atom. The first-order chi connectivity index (χ1) is 13.8. The maximum Gasteiger partial charge on any atom is 0.330 e. The second-order valence-corrected chi connectivity index (χ2v) is 16.4. The van der Waals surface area contributed by atoms with Crippen LogP contribution in [0.25, 0.3) is 0 Å². The molecule has 0 fully saturated rings. The van der Waals surface area contributed by atoms with Crippen molar-refractivity contribution < 1.29 is 9.53 Å². The Morgan fingerprint density at radius 2 is 1.14 bits per heavy atom. The van der Waals surface area contributed by atoms with E-state index in [1.54, 1.807) is 0 Å². The third kappa shape index (κ3) is 23.9. The summed E-state index contributed by atoms with van der Waals surface area (Å²) in [5, 5.41) is 0. The van der Waals surface area contributed by atoms with E-state index in [9.17, 15) is 4.79 Å². The van der Waals surface area contributed by atoms with Crippen LogP contribution in [0.2, 0.25) is 19.1 Å². The summed E-state index contributed by atoms with van der Waals surface area (Å²) >= 11 is 6.36. The highest BCUT2D eigenvalue weighted by Gasteiger charge is 2.15. The average Bonchev–Trinajstić information content (AvgIpc) is 2.66. The molecule has 0 aliphatic heterocycles. The molecular weight excluding hydrogens is 396 g/mol. The Bertz CT molecular complexity index is 393. The lowest BCUT2D eigenvalue weighted by Crippen LogP contribution is -2.14. The third-order valence-corrected chi connectivity index (χ3v) is 7.73. The van der Waals surface area contributed by atoms with Gasteiger partial charge in [-0.25, -0.2) is 4.79 Å². The SMILES string of the molecule is C=CC(=O)OC(C)CCCCCCCCCCCCCCCCCC[Si](C)(C)Cl. The van der Waals surface area contributed by atoms with E-state index in [1.165, 1.54) is 108 Å². The van der Waals surface area contributed by atoms with Gasteiger partial charge in [-0.15, -0.1) is 0 Å². The highest BCUT2D eigenvalue weighted by atomic mass is 35.6. The topological polar surface area (TPSA) is 26.3 Å². The molecule has 29 heavy (non-hydrogen) atoms. The van der Waals surface area contributed by atoms with Crippen molar-refractivity contribution in [3.8, 4) is 0 Å². The van der Waals surface area contributed by atoms with E-state index in [2.05, 4.69) is 19.7 Å². The van der Waals surface area contributed by atoms with Gasteiger partial charge >= 0.3 is 5.97 Å². The van der Waals surface area contributed by atoms with Gasteiger partial charge in [0.2, 0.25) is 0 Å². The quantitative estimate of drug-likeness (QED) is 0.0579. The second kappa shape index (κ2) is 19.7. The molecule has 0 saturated carbocycles. The molecule has 0 bridgehead atoms. The smallest absolute Gasteiger partial charge is 0.330 e. The fraction of sp³-hybridized carbons (Fsp3) is 0.880. The summed E-state index contributed by atoms with van der Waals surface area (Å²) in [6, 6.07) is 1.28. The number of hydrogen-bond donors (Lipinski definition) is 0. The van der Waals surface area contributed by atoms with Crippen LogP contribution in [0.4, 0.5) is 0 Å². The van der Waals surface area contributed by atoms with Gasteiger partial charge in [-0.3, -0.25) is 0 Å². The molecule has 0 saturated heterocycles. The van der Waals surface area contributed by atoms with Gasteiger partial charge in [0.15, 0.2) is 0 Å². The highest BCUT2D eigenvalue weighted by molar-refractivity contribution is 7.19. The molecule has 172 valence electrons. The first-order valence-electron chi connectivity index (χ1n) is 12.4. The maximum absolute atomic E-state index is 11.1. The van der Waals surface area contributed by atoms with E-state index in [1.807, 2.05) is 6.92 Å². The van der Waals surface area contributed by atoms with Crippen LogP contribution in [0.15, 0.2) is 12.7 Å². The molecule has 1 atom stereocenters. The van der Waals surface area contributed by atoms with Crippen LogP contribution in [0, 0.1) is 0 Å². The van der Waals surface area contributed by atoms with Crippen molar-refractivity contribution in [2.45, 2.75) is 141 Å². The number of esters is 1. The van der Waals surface area contributed by atoms with E-state index >= 15 is 0 Å². The van der Waals surface area contributed by atoms with Crippen LogP contribution in [-0.2, 0) is 9.53 Å². The van der Waals surface area contributed by atoms with Crippen LogP contribution in [-0.4, -0.2) is 19.5 Å². The zero-order chi connectivity index (χ0) is 21.8. The molecule has 0 rings (SSSR count). The molecule has 4 heteroatoms. The van der Waals surface area contributed by atoms with E-state index in [0.717, 1.165) is 12.8 Å². The number of unbranched alkanes of at least 4 members (excludes halogenated alkanes) is 15. The van der Waals surface area contributed by atoms with Crippen molar-refractivity contribution in [1.29, 1.82) is 0 Å². The van der Waals surface area contributed by atoms with Crippen molar-refractivity contribution in [3.05, 3.63) is 12.7 Å². The fourth-order valence-electron chi connectivity index (χ4n) is 3.76. The molecular formula is C25H49ClO2Si. The lowest BCUT2D eigenvalue weighted by molar-refractivity contribution is -0.142. The van der Waals surface area contributed by atoms with Crippen molar-refractivity contribution in [2.24, 2.45) is 0 Å². The molecule has 0 aliphatic carbocycles. The van der Waals surface area contributed by atoms with Gasteiger partial charge < -0.3 is 4.74 Å². The molecule has 0 heterocycles. The zero-order valence-electron chi connectivity index (χ0n) is 19.8. The van der Waals surface area contributed by atoms with Gasteiger partial charge in [0.1, 0.15) is 7.38 Å². The number of ether oxygens (including phenoxy) is 1. The standard InChI is InChI=1S/C25H49ClO2Si/c1-5-25(27)28-24(2)22-20-18-16-14-12-10-8-6-7-9-11-13-15-17-19-21-23-29(3,4)26/h5,24H,1,6-23H2,2-4H3. The predicted octanol–water partition coefficient (Wildman–Crippen LogP) is 9.18. The van der Waals surface area contributed by atoms with Crippen LogP contribution in [0.3, 0.4) is 0 Å². The van der Waals surface area contributed by atoms with E-state index < -0.39 is 7.38 Å². The Balaban J connectivity index is 3.15. The van der Waals surface area contributed by atoms with Gasteiger partial charge in [0.05, 0.1) is 6.10 Å². The maximum atomic E-state index is 11.1. The summed E-state index contributed by atoms with van der Waals surface area (Å²) in [5.74, 6) is -0.305. The molecule has 1 unspecified atom stereocenters. The van der Waals surface area contributed by atoms with Gasteiger partial charge in [-0.05, 0) is 25.8 Å². The zero-order valence-corrected chi connectivity index (χ0v) is 21.5. The molecule has 0 aromatic heterocycles. The fourth-order valence-corrected chi connectivity index (χ4v) is 5.25. The number of rotatable bonds is 21. The molecule has 2 nitrogen and oxygen atoms in total. The van der Waals surface area contributed by atoms with E-state index in [4.69, 9.17) is 15.8 Å². The minimum atomic E-state index is -1.32. The lowest BCUT2D eigenvalue weighted by Gasteiger charge is -2.11. The average molecular weight is 445 g/mol. The van der Waals surface area contributed by atoms with Crippen molar-refractivity contribution >= 4 is 24.4 Å². The molecule has 0 aromatic carbocycles. The first-order valence-corrected chi connectivity index (χ1v) is 16.6.